The maximum absolute atomic E-state index is 12.6. The number of phosphoric acid groups is 3. The molecule has 264 valence electrons. The molecule has 3 aromatic rings. The number of aliphatic hydroxyl groups is 3. The number of phosphoric ester groups is 3. The van der Waals surface area contributed by atoms with Crippen LogP contribution >= 0.6 is 23.5 Å². The number of carbonyl (C=O) groups excluding carboxylic acids is 1. The van der Waals surface area contributed by atoms with Gasteiger partial charge in [-0.05, 0) is 13.0 Å². The highest BCUT2D eigenvalue weighted by molar-refractivity contribution is 7.61. The van der Waals surface area contributed by atoms with Crippen LogP contribution in [-0.2, 0) is 41.1 Å². The van der Waals surface area contributed by atoms with Crippen molar-refractivity contribution in [3.8, 4) is 0 Å². The number of nitrogens with two attached hydrogens (primary N) is 1. The Morgan fingerprint density at radius 1 is 0.979 bits per heavy atom. The van der Waals surface area contributed by atoms with Gasteiger partial charge >= 0.3 is 23.5 Å². The van der Waals surface area contributed by atoms with Crippen LogP contribution in [0.2, 0.25) is 0 Å². The van der Waals surface area contributed by atoms with Crippen LogP contribution in [0.5, 0.6) is 0 Å². The Morgan fingerprint density at radius 3 is 2.29 bits per heavy atom. The third kappa shape index (κ3) is 8.20. The van der Waals surface area contributed by atoms with Gasteiger partial charge in [-0.3, -0.25) is 22.9 Å². The van der Waals surface area contributed by atoms with E-state index in [1.807, 2.05) is 0 Å². The molecule has 0 bridgehead atoms. The number of aromatic nitrogens is 5. The smallest absolute Gasteiger partial charge is 0.387 e. The third-order valence-electron chi connectivity index (χ3n) is 7.10. The summed E-state index contributed by atoms with van der Waals surface area (Å²) < 4.78 is 68.6. The van der Waals surface area contributed by atoms with Gasteiger partial charge in [0.2, 0.25) is 0 Å². The largest absolute Gasteiger partial charge is 0.481 e. The van der Waals surface area contributed by atoms with E-state index in [0.717, 1.165) is 17.2 Å². The molecule has 0 amide bonds. The zero-order valence-electron chi connectivity index (χ0n) is 24.4. The van der Waals surface area contributed by atoms with Gasteiger partial charge in [0.15, 0.2) is 42.0 Å². The second kappa shape index (κ2) is 13.9. The van der Waals surface area contributed by atoms with Crippen LogP contribution in [0.4, 0.5) is 5.82 Å². The highest BCUT2D eigenvalue weighted by atomic mass is 31.3. The van der Waals surface area contributed by atoms with Crippen LogP contribution in [-0.4, -0.2) is 110 Å². The van der Waals surface area contributed by atoms with Gasteiger partial charge in [0.05, 0.1) is 25.1 Å². The molecule has 2 fully saturated rings. The second-order valence-corrected chi connectivity index (χ2v) is 14.7. The zero-order valence-corrected chi connectivity index (χ0v) is 27.0. The molecule has 0 aromatic carbocycles. The Bertz CT molecular complexity index is 1810. The molecule has 10 atom stereocenters. The fraction of sp³-hybridized carbons (Fsp3) is 0.500. The maximum Gasteiger partial charge on any atom is 0.481 e. The van der Waals surface area contributed by atoms with Crippen molar-refractivity contribution in [2.24, 2.45) is 0 Å². The van der Waals surface area contributed by atoms with E-state index in [4.69, 9.17) is 24.3 Å². The summed E-state index contributed by atoms with van der Waals surface area (Å²) in [6.07, 6.45) is -8.01. The predicted molar refractivity (Wildman–Crippen MR) is 152 cm³/mol. The SMILES string of the molecule is CC(=O)c1ccc[n+](C2OC(COP(=O)(O)OP(=O)(O)OCC3OC(n4cnc5c(N)ncnc54)C(O)C3OP(=O)(O)O)C(O)C2O)c1. The number of hydrogen-bond donors (Lipinski definition) is 8. The van der Waals surface area contributed by atoms with E-state index in [1.54, 1.807) is 0 Å². The molecular weight excluding hydrogens is 713 g/mol. The van der Waals surface area contributed by atoms with Crippen molar-refractivity contribution >= 4 is 46.2 Å². The normalized spacial score (nSPS) is 30.3. The molecule has 5 heterocycles. The summed E-state index contributed by atoms with van der Waals surface area (Å²) in [6, 6.07) is 2.99. The molecule has 48 heavy (non-hydrogen) atoms. The third-order valence-corrected chi connectivity index (χ3v) is 10.2. The van der Waals surface area contributed by atoms with Gasteiger partial charge < -0.3 is 50.1 Å². The van der Waals surface area contributed by atoms with Crippen LogP contribution in [0.15, 0.2) is 37.2 Å². The molecule has 0 saturated carbocycles. The number of carbonyl (C=O) groups is 1. The van der Waals surface area contributed by atoms with Gasteiger partial charge in [-0.1, -0.05) is 0 Å². The van der Waals surface area contributed by atoms with Gasteiger partial charge in [0.25, 0.3) is 6.23 Å². The van der Waals surface area contributed by atoms with Crippen molar-refractivity contribution in [2.75, 3.05) is 18.9 Å². The first-order chi connectivity index (χ1) is 22.4. The fourth-order valence-electron chi connectivity index (χ4n) is 4.91. The topological polar surface area (TPSA) is 339 Å². The van der Waals surface area contributed by atoms with E-state index in [1.165, 1.54) is 36.0 Å². The summed E-state index contributed by atoms with van der Waals surface area (Å²) in [6.45, 7) is -0.741. The van der Waals surface area contributed by atoms with E-state index in [2.05, 4.69) is 23.8 Å². The van der Waals surface area contributed by atoms with Crippen molar-refractivity contribution in [1.29, 1.82) is 0 Å². The van der Waals surface area contributed by atoms with Gasteiger partial charge in [0, 0.05) is 6.07 Å². The lowest BCUT2D eigenvalue weighted by Crippen LogP contribution is -2.46. The highest BCUT2D eigenvalue weighted by Crippen LogP contribution is 2.61. The van der Waals surface area contributed by atoms with E-state index >= 15 is 0 Å². The standard InChI is InChI=1S/C22H29N6O17P3/c1-10(29)11-3-2-4-27(5-11)21-16(31)15(30)12(42-21)6-40-47(36,37)45-48(38,39)41-7-13-18(44-46(33,34)35)17(32)22(43-13)28-9-26-14-19(23)24-8-25-20(14)28/h2-5,8-9,12-13,15-18,21-22,30-32H,6-7H2,1H3,(H5-,23,24,25,33,34,35,36,37,38,39)/p+1. The molecule has 9 N–H and O–H groups in total. The maximum atomic E-state index is 12.6. The average molecular weight is 743 g/mol. The molecule has 0 spiro atoms. The number of pyridine rings is 1. The lowest BCUT2D eigenvalue weighted by atomic mass is 10.1. The Hall–Kier alpha value is -2.66. The summed E-state index contributed by atoms with van der Waals surface area (Å²) >= 11 is 0. The van der Waals surface area contributed by atoms with Gasteiger partial charge in [-0.15, -0.1) is 0 Å². The Labute approximate surface area is 268 Å². The number of nitrogens with zero attached hydrogens (tertiary/aromatic N) is 5. The second-order valence-electron chi connectivity index (χ2n) is 10.5. The number of rotatable bonds is 13. The number of anilines is 1. The van der Waals surface area contributed by atoms with Crippen molar-refractivity contribution < 1.29 is 85.3 Å². The van der Waals surface area contributed by atoms with Crippen LogP contribution in [0.25, 0.3) is 11.2 Å². The zero-order chi connectivity index (χ0) is 35.2. The minimum atomic E-state index is -5.55. The molecule has 0 aliphatic carbocycles. The number of nitrogen functional groups attached to an aromatic ring is 1. The van der Waals surface area contributed by atoms with Crippen molar-refractivity contribution in [2.45, 2.75) is 56.0 Å². The number of Topliss-reactive ketones (excluding diaryl/α,β-unsaturated/α-hetero) is 1. The molecule has 2 aliphatic heterocycles. The van der Waals surface area contributed by atoms with E-state index in [0.29, 0.717) is 0 Å². The van der Waals surface area contributed by atoms with E-state index in [9.17, 15) is 53.4 Å². The number of ether oxygens (including phenoxy) is 2. The number of aliphatic hydroxyl groups excluding tert-OH is 3. The van der Waals surface area contributed by atoms with Gasteiger partial charge in [0.1, 0.15) is 42.4 Å². The first-order valence-electron chi connectivity index (χ1n) is 13.6. The molecular formula is C22H30N6O17P3+. The highest BCUT2D eigenvalue weighted by Gasteiger charge is 2.51. The molecule has 23 nitrogen and oxygen atoms in total. The van der Waals surface area contributed by atoms with Crippen LogP contribution in [0.3, 0.4) is 0 Å². The minimum absolute atomic E-state index is 0.0357. The summed E-state index contributed by atoms with van der Waals surface area (Å²) in [4.78, 5) is 62.4. The number of fused-ring (bicyclic) bond motifs is 1. The number of hydrogen-bond acceptors (Lipinski definition) is 17. The van der Waals surface area contributed by atoms with Crippen LogP contribution in [0.1, 0.15) is 29.7 Å². The fourth-order valence-corrected chi connectivity index (χ4v) is 7.58. The lowest BCUT2D eigenvalue weighted by Gasteiger charge is -2.22. The Morgan fingerprint density at radius 2 is 1.65 bits per heavy atom. The number of imidazole rings is 1. The Balaban J connectivity index is 1.22. The lowest BCUT2D eigenvalue weighted by molar-refractivity contribution is -0.765. The predicted octanol–water partition coefficient (Wildman–Crippen LogP) is -1.80. The van der Waals surface area contributed by atoms with Gasteiger partial charge in [-0.25, -0.2) is 28.6 Å². The monoisotopic (exact) mass is 743 g/mol. The van der Waals surface area contributed by atoms with Crippen LogP contribution < -0.4 is 10.3 Å². The van der Waals surface area contributed by atoms with E-state index < -0.39 is 85.8 Å². The summed E-state index contributed by atoms with van der Waals surface area (Å²) in [5.74, 6) is -0.328. The Kier molecular flexibility index (Phi) is 10.6. The number of ketones is 1. The minimum Gasteiger partial charge on any atom is -0.387 e. The van der Waals surface area contributed by atoms with Crippen LogP contribution in [0, 0.1) is 0 Å². The average Bonchev–Trinajstić information content (AvgIpc) is 3.64. The molecule has 3 aromatic heterocycles. The molecule has 0 radical (unpaired) electrons. The van der Waals surface area contributed by atoms with Gasteiger partial charge in [-0.2, -0.15) is 8.88 Å². The quantitative estimate of drug-likeness (QED) is 0.0544. The molecule has 2 aliphatic rings. The molecule has 10 unspecified atom stereocenters. The first kappa shape index (κ1) is 36.6. The summed E-state index contributed by atoms with van der Waals surface area (Å²) in [7, 11) is -16.3. The summed E-state index contributed by atoms with van der Waals surface area (Å²) in [5.41, 5.74) is 6.15. The van der Waals surface area contributed by atoms with Crippen molar-refractivity contribution in [1.82, 2.24) is 19.5 Å². The molecule has 5 rings (SSSR count). The summed E-state index contributed by atoms with van der Waals surface area (Å²) in [5, 5.41) is 31.7. The first-order valence-corrected chi connectivity index (χ1v) is 18.1. The molecule has 26 heteroatoms. The van der Waals surface area contributed by atoms with E-state index in [-0.39, 0.29) is 28.3 Å². The van der Waals surface area contributed by atoms with Crippen molar-refractivity contribution in [3.05, 3.63) is 42.7 Å². The molecule has 2 saturated heterocycles. The van der Waals surface area contributed by atoms with Crippen molar-refractivity contribution in [3.63, 3.8) is 0 Å².